The van der Waals surface area contributed by atoms with Gasteiger partial charge in [-0.05, 0) is 43.3 Å². The summed E-state index contributed by atoms with van der Waals surface area (Å²) < 4.78 is 13.0. The number of imidazole rings is 1. The summed E-state index contributed by atoms with van der Waals surface area (Å²) in [7, 11) is 1.70. The molecule has 1 unspecified atom stereocenters. The van der Waals surface area contributed by atoms with Crippen molar-refractivity contribution in [3.8, 4) is 5.75 Å². The van der Waals surface area contributed by atoms with Gasteiger partial charge in [0.2, 0.25) is 5.91 Å². The fourth-order valence-corrected chi connectivity index (χ4v) is 3.84. The molecule has 1 aromatic heterocycles. The molecule has 146 valence electrons. The Hall–Kier alpha value is -2.86. The number of ether oxygens (including phenoxy) is 2. The third kappa shape index (κ3) is 3.47. The van der Waals surface area contributed by atoms with Gasteiger partial charge >= 0.3 is 0 Å². The number of nitrogens with zero attached hydrogens (tertiary/aromatic N) is 3. The van der Waals surface area contributed by atoms with Crippen molar-refractivity contribution in [2.24, 2.45) is 0 Å². The van der Waals surface area contributed by atoms with Crippen molar-refractivity contribution in [2.75, 3.05) is 31.8 Å². The smallest absolute Gasteiger partial charge is 0.227 e. The highest BCUT2D eigenvalue weighted by Crippen LogP contribution is 2.33. The second kappa shape index (κ2) is 8.02. The lowest BCUT2D eigenvalue weighted by Gasteiger charge is -2.18. The Kier molecular flexibility index (Phi) is 5.30. The highest BCUT2D eigenvalue weighted by atomic mass is 16.5. The summed E-state index contributed by atoms with van der Waals surface area (Å²) in [4.78, 5) is 19.4. The highest BCUT2D eigenvalue weighted by Gasteiger charge is 2.34. The van der Waals surface area contributed by atoms with Crippen LogP contribution in [0.25, 0.3) is 11.0 Å². The molecule has 0 radical (unpaired) electrons. The standard InChI is InChI=1S/C22H25N3O3/c1-3-28-18-10-8-17(9-11-18)25-15-16(14-21(25)26)22-23-19-6-4-5-7-20(19)24(22)12-13-27-2/h4-11,16H,3,12-15H2,1-2H3. The Morgan fingerprint density at radius 1 is 1.14 bits per heavy atom. The summed E-state index contributed by atoms with van der Waals surface area (Å²) in [5.41, 5.74) is 2.94. The van der Waals surface area contributed by atoms with Crippen LogP contribution in [0.5, 0.6) is 5.75 Å². The minimum Gasteiger partial charge on any atom is -0.494 e. The molecule has 0 N–H and O–H groups in total. The SMILES string of the molecule is CCOc1ccc(N2CC(c3nc4ccccc4n3CCOC)CC2=O)cc1. The zero-order chi connectivity index (χ0) is 19.5. The van der Waals surface area contributed by atoms with E-state index in [0.29, 0.717) is 26.2 Å². The monoisotopic (exact) mass is 379 g/mol. The number of para-hydroxylation sites is 2. The van der Waals surface area contributed by atoms with Gasteiger partial charge in [-0.3, -0.25) is 4.79 Å². The number of rotatable bonds is 7. The first kappa shape index (κ1) is 18.5. The van der Waals surface area contributed by atoms with E-state index in [0.717, 1.165) is 34.8 Å². The minimum atomic E-state index is 0.0586. The number of anilines is 1. The van der Waals surface area contributed by atoms with Gasteiger partial charge in [-0.15, -0.1) is 0 Å². The largest absolute Gasteiger partial charge is 0.494 e. The number of amides is 1. The number of hydrogen-bond acceptors (Lipinski definition) is 4. The first-order valence-corrected chi connectivity index (χ1v) is 9.68. The first-order valence-electron chi connectivity index (χ1n) is 9.68. The van der Waals surface area contributed by atoms with Crippen LogP contribution in [0.2, 0.25) is 0 Å². The third-order valence-corrected chi connectivity index (χ3v) is 5.15. The summed E-state index contributed by atoms with van der Waals surface area (Å²) in [6.07, 6.45) is 0.462. The maximum absolute atomic E-state index is 12.7. The van der Waals surface area contributed by atoms with Crippen LogP contribution in [0.1, 0.15) is 25.1 Å². The highest BCUT2D eigenvalue weighted by molar-refractivity contribution is 5.96. The van der Waals surface area contributed by atoms with Gasteiger partial charge in [-0.25, -0.2) is 4.98 Å². The Balaban J connectivity index is 1.61. The number of hydrogen-bond donors (Lipinski definition) is 0. The molecule has 2 aromatic carbocycles. The lowest BCUT2D eigenvalue weighted by atomic mass is 10.1. The fourth-order valence-electron chi connectivity index (χ4n) is 3.84. The molecule has 3 aromatic rings. The minimum absolute atomic E-state index is 0.0586. The molecule has 1 saturated heterocycles. The Morgan fingerprint density at radius 2 is 1.93 bits per heavy atom. The molecule has 28 heavy (non-hydrogen) atoms. The van der Waals surface area contributed by atoms with E-state index in [9.17, 15) is 4.79 Å². The topological polar surface area (TPSA) is 56.6 Å². The lowest BCUT2D eigenvalue weighted by molar-refractivity contribution is -0.117. The van der Waals surface area contributed by atoms with E-state index in [1.165, 1.54) is 0 Å². The van der Waals surface area contributed by atoms with Crippen LogP contribution < -0.4 is 9.64 Å². The van der Waals surface area contributed by atoms with Crippen LogP contribution in [0.15, 0.2) is 48.5 Å². The van der Waals surface area contributed by atoms with E-state index in [2.05, 4.69) is 10.6 Å². The summed E-state index contributed by atoms with van der Waals surface area (Å²) in [6, 6.07) is 15.8. The maximum Gasteiger partial charge on any atom is 0.227 e. The van der Waals surface area contributed by atoms with Gasteiger partial charge in [-0.2, -0.15) is 0 Å². The Morgan fingerprint density at radius 3 is 2.68 bits per heavy atom. The van der Waals surface area contributed by atoms with Gasteiger partial charge in [0.1, 0.15) is 11.6 Å². The van der Waals surface area contributed by atoms with Crippen molar-refractivity contribution in [1.29, 1.82) is 0 Å². The van der Waals surface area contributed by atoms with E-state index in [1.54, 1.807) is 7.11 Å². The van der Waals surface area contributed by atoms with E-state index in [4.69, 9.17) is 14.5 Å². The summed E-state index contributed by atoms with van der Waals surface area (Å²) in [5.74, 6) is 1.96. The van der Waals surface area contributed by atoms with Crippen LogP contribution in [0.3, 0.4) is 0 Å². The van der Waals surface area contributed by atoms with Crippen molar-refractivity contribution in [3.05, 3.63) is 54.4 Å². The fraction of sp³-hybridized carbons (Fsp3) is 0.364. The van der Waals surface area contributed by atoms with Crippen molar-refractivity contribution < 1.29 is 14.3 Å². The number of aromatic nitrogens is 2. The number of fused-ring (bicyclic) bond motifs is 1. The van der Waals surface area contributed by atoms with E-state index >= 15 is 0 Å². The average molecular weight is 379 g/mol. The number of benzene rings is 2. The Bertz CT molecular complexity index is 965. The van der Waals surface area contributed by atoms with Crippen LogP contribution >= 0.6 is 0 Å². The molecule has 1 amide bonds. The molecule has 1 aliphatic heterocycles. The normalized spacial score (nSPS) is 16.9. The molecule has 0 saturated carbocycles. The summed E-state index contributed by atoms with van der Waals surface area (Å²) in [6.45, 7) is 4.54. The first-order chi connectivity index (χ1) is 13.7. The van der Waals surface area contributed by atoms with Crippen LogP contribution in [-0.4, -0.2) is 42.3 Å². The molecular weight excluding hydrogens is 354 g/mol. The number of carbonyl (C=O) groups excluding carboxylic acids is 1. The van der Waals surface area contributed by atoms with Crippen LogP contribution in [-0.2, 0) is 16.1 Å². The zero-order valence-electron chi connectivity index (χ0n) is 16.3. The molecule has 1 atom stereocenters. The summed E-state index contributed by atoms with van der Waals surface area (Å²) in [5, 5.41) is 0. The van der Waals surface area contributed by atoms with Gasteiger partial charge in [0.05, 0.1) is 24.2 Å². The van der Waals surface area contributed by atoms with Crippen molar-refractivity contribution in [3.63, 3.8) is 0 Å². The molecule has 1 aliphatic rings. The van der Waals surface area contributed by atoms with Crippen molar-refractivity contribution in [1.82, 2.24) is 9.55 Å². The van der Waals surface area contributed by atoms with Gasteiger partial charge in [-0.1, -0.05) is 12.1 Å². The molecule has 4 rings (SSSR count). The average Bonchev–Trinajstić information content (AvgIpc) is 3.28. The number of methoxy groups -OCH3 is 1. The molecule has 0 spiro atoms. The van der Waals surface area contributed by atoms with Gasteiger partial charge in [0, 0.05) is 38.2 Å². The van der Waals surface area contributed by atoms with Crippen LogP contribution in [0.4, 0.5) is 5.69 Å². The van der Waals surface area contributed by atoms with Gasteiger partial charge in [0.25, 0.3) is 0 Å². The van der Waals surface area contributed by atoms with Crippen LogP contribution in [0, 0.1) is 0 Å². The predicted octanol–water partition coefficient (Wildman–Crippen LogP) is 3.60. The second-order valence-electron chi connectivity index (χ2n) is 6.94. The van der Waals surface area contributed by atoms with E-state index in [1.807, 2.05) is 54.3 Å². The van der Waals surface area contributed by atoms with E-state index in [-0.39, 0.29) is 11.8 Å². The predicted molar refractivity (Wildman–Crippen MR) is 109 cm³/mol. The third-order valence-electron chi connectivity index (χ3n) is 5.15. The number of carbonyl (C=O) groups is 1. The maximum atomic E-state index is 12.7. The molecule has 6 nitrogen and oxygen atoms in total. The molecule has 0 bridgehead atoms. The van der Waals surface area contributed by atoms with Gasteiger partial charge < -0.3 is 18.9 Å². The zero-order valence-corrected chi connectivity index (χ0v) is 16.3. The van der Waals surface area contributed by atoms with E-state index < -0.39 is 0 Å². The molecule has 6 heteroatoms. The quantitative estimate of drug-likeness (QED) is 0.629. The summed E-state index contributed by atoms with van der Waals surface area (Å²) >= 11 is 0. The van der Waals surface area contributed by atoms with Crippen molar-refractivity contribution in [2.45, 2.75) is 25.8 Å². The Labute approximate surface area is 164 Å². The lowest BCUT2D eigenvalue weighted by Crippen LogP contribution is -2.24. The molecular formula is C22H25N3O3. The van der Waals surface area contributed by atoms with Gasteiger partial charge in [0.15, 0.2) is 0 Å². The second-order valence-corrected chi connectivity index (χ2v) is 6.94. The van der Waals surface area contributed by atoms with Crippen molar-refractivity contribution >= 4 is 22.6 Å². The molecule has 0 aliphatic carbocycles. The molecule has 1 fully saturated rings. The molecule has 2 heterocycles.